The zero-order valence-corrected chi connectivity index (χ0v) is 14.0. The number of rotatable bonds is 6. The SMILES string of the molecule is Cc1noc(C)c1CS(=O)(=O)CCC(=O)NC1CCCCC1. The lowest BCUT2D eigenvalue weighted by Gasteiger charge is -2.22. The maximum Gasteiger partial charge on any atom is 0.221 e. The van der Waals surface area contributed by atoms with Crippen molar-refractivity contribution in [1.82, 2.24) is 10.5 Å². The Balaban J connectivity index is 1.83. The molecule has 0 aliphatic heterocycles. The molecule has 0 radical (unpaired) electrons. The normalized spacial score (nSPS) is 16.6. The van der Waals surface area contributed by atoms with E-state index in [1.165, 1.54) is 6.42 Å². The molecule has 0 saturated heterocycles. The van der Waals surface area contributed by atoms with Gasteiger partial charge >= 0.3 is 0 Å². The molecule has 1 N–H and O–H groups in total. The van der Waals surface area contributed by atoms with Crippen LogP contribution in [0.3, 0.4) is 0 Å². The highest BCUT2D eigenvalue weighted by molar-refractivity contribution is 7.90. The van der Waals surface area contributed by atoms with E-state index in [1.807, 2.05) is 0 Å². The van der Waals surface area contributed by atoms with Crippen LogP contribution in [0.15, 0.2) is 4.52 Å². The molecule has 0 bridgehead atoms. The van der Waals surface area contributed by atoms with Crippen molar-refractivity contribution in [1.29, 1.82) is 0 Å². The predicted molar refractivity (Wildman–Crippen MR) is 83.1 cm³/mol. The summed E-state index contributed by atoms with van der Waals surface area (Å²) in [6, 6.07) is 0.214. The Bertz CT molecular complexity index is 596. The fraction of sp³-hybridized carbons (Fsp3) is 0.733. The Labute approximate surface area is 131 Å². The minimum Gasteiger partial charge on any atom is -0.361 e. The lowest BCUT2D eigenvalue weighted by molar-refractivity contribution is -0.121. The fourth-order valence-electron chi connectivity index (χ4n) is 2.80. The van der Waals surface area contributed by atoms with Crippen LogP contribution < -0.4 is 5.32 Å². The summed E-state index contributed by atoms with van der Waals surface area (Å²) in [5, 5.41) is 6.69. The minimum absolute atomic E-state index is 0.0161. The van der Waals surface area contributed by atoms with Crippen LogP contribution in [-0.2, 0) is 20.4 Å². The third-order valence-corrected chi connectivity index (χ3v) is 5.71. The fourth-order valence-corrected chi connectivity index (χ4v) is 4.29. The number of aromatic nitrogens is 1. The first-order valence-corrected chi connectivity index (χ1v) is 9.61. The molecule has 124 valence electrons. The highest BCUT2D eigenvalue weighted by atomic mass is 32.2. The first-order chi connectivity index (χ1) is 10.4. The maximum absolute atomic E-state index is 12.1. The quantitative estimate of drug-likeness (QED) is 0.863. The summed E-state index contributed by atoms with van der Waals surface area (Å²) < 4.78 is 29.3. The van der Waals surface area contributed by atoms with E-state index in [-0.39, 0.29) is 29.9 Å². The standard InChI is InChI=1S/C15H24N2O4S/c1-11-14(12(2)21-17-11)10-22(19,20)9-8-15(18)16-13-6-4-3-5-7-13/h13H,3-10H2,1-2H3,(H,16,18). The average Bonchev–Trinajstić information content (AvgIpc) is 2.78. The van der Waals surface area contributed by atoms with Gasteiger partial charge in [0.2, 0.25) is 5.91 Å². The molecule has 1 aromatic rings. The first kappa shape index (κ1) is 17.0. The van der Waals surface area contributed by atoms with E-state index < -0.39 is 9.84 Å². The molecule has 1 amide bonds. The molecule has 1 heterocycles. The zero-order chi connectivity index (χ0) is 16.2. The van der Waals surface area contributed by atoms with Crippen LogP contribution in [0.2, 0.25) is 0 Å². The summed E-state index contributed by atoms with van der Waals surface area (Å²) in [6.45, 7) is 3.41. The number of nitrogens with one attached hydrogen (secondary N) is 1. The lowest BCUT2D eigenvalue weighted by Crippen LogP contribution is -2.37. The van der Waals surface area contributed by atoms with Crippen molar-refractivity contribution >= 4 is 15.7 Å². The second-order valence-electron chi connectivity index (χ2n) is 6.05. The predicted octanol–water partition coefficient (Wildman–Crippen LogP) is 2.05. The Kier molecular flexibility index (Phi) is 5.61. The van der Waals surface area contributed by atoms with Gasteiger partial charge < -0.3 is 9.84 Å². The summed E-state index contributed by atoms with van der Waals surface area (Å²) in [5.41, 5.74) is 1.19. The smallest absolute Gasteiger partial charge is 0.221 e. The van der Waals surface area contributed by atoms with Gasteiger partial charge in [-0.25, -0.2) is 8.42 Å². The van der Waals surface area contributed by atoms with Crippen molar-refractivity contribution < 1.29 is 17.7 Å². The zero-order valence-electron chi connectivity index (χ0n) is 13.2. The molecule has 1 aliphatic rings. The minimum atomic E-state index is -3.35. The van der Waals surface area contributed by atoms with Gasteiger partial charge in [0.05, 0.1) is 17.2 Å². The molecule has 0 aromatic carbocycles. The summed E-state index contributed by atoms with van der Waals surface area (Å²) >= 11 is 0. The molecule has 22 heavy (non-hydrogen) atoms. The van der Waals surface area contributed by atoms with Gasteiger partial charge in [-0.15, -0.1) is 0 Å². The lowest BCUT2D eigenvalue weighted by atomic mass is 9.95. The highest BCUT2D eigenvalue weighted by Crippen LogP contribution is 2.18. The molecule has 0 atom stereocenters. The van der Waals surface area contributed by atoms with Gasteiger partial charge in [0.25, 0.3) is 0 Å². The molecule has 6 nitrogen and oxygen atoms in total. The van der Waals surface area contributed by atoms with Crippen LogP contribution in [0.4, 0.5) is 0 Å². The van der Waals surface area contributed by atoms with Gasteiger partial charge in [0, 0.05) is 18.0 Å². The first-order valence-electron chi connectivity index (χ1n) is 7.79. The van der Waals surface area contributed by atoms with Crippen molar-refractivity contribution in [2.45, 2.75) is 64.2 Å². The number of hydrogen-bond donors (Lipinski definition) is 1. The number of nitrogens with zero attached hydrogens (tertiary/aromatic N) is 1. The number of aryl methyl sites for hydroxylation is 2. The molecular weight excluding hydrogens is 304 g/mol. The number of carbonyl (C=O) groups excluding carboxylic acids is 1. The third-order valence-electron chi connectivity index (χ3n) is 4.16. The van der Waals surface area contributed by atoms with Crippen LogP contribution in [0.1, 0.15) is 55.5 Å². The Morgan fingerprint density at radius 1 is 1.27 bits per heavy atom. The van der Waals surface area contributed by atoms with Gasteiger partial charge in [-0.05, 0) is 26.7 Å². The molecule has 0 spiro atoms. The van der Waals surface area contributed by atoms with Crippen molar-refractivity contribution in [2.75, 3.05) is 5.75 Å². The Hall–Kier alpha value is -1.37. The highest BCUT2D eigenvalue weighted by Gasteiger charge is 2.21. The number of amides is 1. The molecule has 1 saturated carbocycles. The van der Waals surface area contributed by atoms with E-state index in [4.69, 9.17) is 4.52 Å². The largest absolute Gasteiger partial charge is 0.361 e. The second kappa shape index (κ2) is 7.26. The summed E-state index contributed by atoms with van der Waals surface area (Å²) in [5.74, 6) is 0.0856. The van der Waals surface area contributed by atoms with Crippen molar-refractivity contribution in [3.8, 4) is 0 Å². The van der Waals surface area contributed by atoms with E-state index in [0.29, 0.717) is 17.0 Å². The van der Waals surface area contributed by atoms with E-state index in [0.717, 1.165) is 25.7 Å². The number of sulfone groups is 1. The van der Waals surface area contributed by atoms with Gasteiger partial charge in [0.15, 0.2) is 9.84 Å². The molecule has 0 unspecified atom stereocenters. The van der Waals surface area contributed by atoms with E-state index >= 15 is 0 Å². The number of hydrogen-bond acceptors (Lipinski definition) is 5. The molecule has 1 aromatic heterocycles. The van der Waals surface area contributed by atoms with Crippen LogP contribution in [-0.4, -0.2) is 31.3 Å². The van der Waals surface area contributed by atoms with Crippen molar-refractivity contribution in [2.24, 2.45) is 0 Å². The molecule has 1 aliphatic carbocycles. The van der Waals surface area contributed by atoms with E-state index in [1.54, 1.807) is 13.8 Å². The van der Waals surface area contributed by atoms with Crippen molar-refractivity contribution in [3.05, 3.63) is 17.0 Å². The molecule has 7 heteroatoms. The Morgan fingerprint density at radius 3 is 2.55 bits per heavy atom. The molecular formula is C15H24N2O4S. The average molecular weight is 328 g/mol. The second-order valence-corrected chi connectivity index (χ2v) is 8.23. The van der Waals surface area contributed by atoms with Gasteiger partial charge in [0.1, 0.15) is 5.76 Å². The molecule has 2 rings (SSSR count). The summed E-state index contributed by atoms with van der Waals surface area (Å²) in [7, 11) is -3.35. The van der Waals surface area contributed by atoms with Crippen LogP contribution >= 0.6 is 0 Å². The third kappa shape index (κ3) is 4.83. The monoisotopic (exact) mass is 328 g/mol. The maximum atomic E-state index is 12.1. The van der Waals surface area contributed by atoms with Gasteiger partial charge in [-0.2, -0.15) is 0 Å². The van der Waals surface area contributed by atoms with Gasteiger partial charge in [-0.3, -0.25) is 4.79 Å². The van der Waals surface area contributed by atoms with E-state index in [2.05, 4.69) is 10.5 Å². The molecule has 1 fully saturated rings. The van der Waals surface area contributed by atoms with Crippen molar-refractivity contribution in [3.63, 3.8) is 0 Å². The van der Waals surface area contributed by atoms with Crippen LogP contribution in [0, 0.1) is 13.8 Å². The van der Waals surface area contributed by atoms with Gasteiger partial charge in [-0.1, -0.05) is 24.4 Å². The van der Waals surface area contributed by atoms with Crippen LogP contribution in [0.25, 0.3) is 0 Å². The van der Waals surface area contributed by atoms with Crippen LogP contribution in [0.5, 0.6) is 0 Å². The topological polar surface area (TPSA) is 89.3 Å². The summed E-state index contributed by atoms with van der Waals surface area (Å²) in [6.07, 6.45) is 5.50. The van der Waals surface area contributed by atoms with E-state index in [9.17, 15) is 13.2 Å². The summed E-state index contributed by atoms with van der Waals surface area (Å²) in [4.78, 5) is 11.9. The Morgan fingerprint density at radius 2 is 1.95 bits per heavy atom. The number of carbonyl (C=O) groups is 1.